The van der Waals surface area contributed by atoms with E-state index in [-0.39, 0.29) is 16.9 Å². The van der Waals surface area contributed by atoms with Crippen molar-refractivity contribution in [3.05, 3.63) is 62.6 Å². The number of carbonyl (C=O) groups excluding carboxylic acids is 1. The summed E-state index contributed by atoms with van der Waals surface area (Å²) in [6.07, 6.45) is 6.23. The van der Waals surface area contributed by atoms with Crippen LogP contribution >= 0.6 is 0 Å². The SMILES string of the molecule is CCCCCCn1c(CC)cc(=O)c(C(=O)Nc2c(C)cccc2CC)c1C. The second-order valence-corrected chi connectivity index (χ2v) is 7.44. The monoisotopic (exact) mass is 382 g/mol. The number of rotatable bonds is 9. The Morgan fingerprint density at radius 2 is 1.79 bits per heavy atom. The van der Waals surface area contributed by atoms with Gasteiger partial charge in [-0.3, -0.25) is 9.59 Å². The van der Waals surface area contributed by atoms with Gasteiger partial charge in [0.05, 0.1) is 0 Å². The van der Waals surface area contributed by atoms with Crippen molar-refractivity contribution >= 4 is 11.6 Å². The molecule has 1 N–H and O–H groups in total. The highest BCUT2D eigenvalue weighted by atomic mass is 16.2. The number of carbonyl (C=O) groups is 1. The molecule has 0 atom stereocenters. The molecule has 0 radical (unpaired) electrons. The van der Waals surface area contributed by atoms with Gasteiger partial charge >= 0.3 is 0 Å². The lowest BCUT2D eigenvalue weighted by atomic mass is 10.0. The number of aromatic nitrogens is 1. The number of hydrogen-bond acceptors (Lipinski definition) is 2. The average molecular weight is 383 g/mol. The molecule has 2 aromatic rings. The Morgan fingerprint density at radius 3 is 2.43 bits per heavy atom. The standard InChI is InChI=1S/C24H34N2O2/c1-6-9-10-11-15-26-18(5)22(21(27)16-20(26)8-3)24(28)25-23-17(4)13-12-14-19(23)7-2/h12-14,16H,6-11,15H2,1-5H3,(H,25,28). The summed E-state index contributed by atoms with van der Waals surface area (Å²) in [7, 11) is 0. The van der Waals surface area contributed by atoms with Crippen LogP contribution in [0.1, 0.15) is 79.3 Å². The van der Waals surface area contributed by atoms with Crippen LogP contribution in [-0.2, 0) is 19.4 Å². The van der Waals surface area contributed by atoms with Crippen LogP contribution in [0.4, 0.5) is 5.69 Å². The Hall–Kier alpha value is -2.36. The molecule has 4 heteroatoms. The van der Waals surface area contributed by atoms with E-state index in [1.807, 2.05) is 32.0 Å². The summed E-state index contributed by atoms with van der Waals surface area (Å²) in [6, 6.07) is 7.63. The third kappa shape index (κ3) is 4.92. The summed E-state index contributed by atoms with van der Waals surface area (Å²) >= 11 is 0. The number of aryl methyl sites for hydroxylation is 3. The number of hydrogen-bond donors (Lipinski definition) is 1. The number of nitrogens with one attached hydrogen (secondary N) is 1. The quantitative estimate of drug-likeness (QED) is 0.589. The van der Waals surface area contributed by atoms with Crippen LogP contribution in [-0.4, -0.2) is 10.5 Å². The van der Waals surface area contributed by atoms with Crippen molar-refractivity contribution in [1.82, 2.24) is 4.57 Å². The molecule has 152 valence electrons. The summed E-state index contributed by atoms with van der Waals surface area (Å²) in [5.41, 5.74) is 4.75. The zero-order valence-electron chi connectivity index (χ0n) is 18.0. The summed E-state index contributed by atoms with van der Waals surface area (Å²) in [5, 5.41) is 3.02. The fraction of sp³-hybridized carbons (Fsp3) is 0.500. The molecule has 2 rings (SSSR count). The largest absolute Gasteiger partial charge is 0.348 e. The van der Waals surface area contributed by atoms with E-state index in [1.165, 1.54) is 12.8 Å². The van der Waals surface area contributed by atoms with Gasteiger partial charge in [0.2, 0.25) is 0 Å². The first-order valence-electron chi connectivity index (χ1n) is 10.6. The van der Waals surface area contributed by atoms with Crippen molar-refractivity contribution < 1.29 is 4.79 Å². The van der Waals surface area contributed by atoms with Gasteiger partial charge in [0.1, 0.15) is 5.56 Å². The first-order valence-corrected chi connectivity index (χ1v) is 10.6. The normalized spacial score (nSPS) is 10.9. The minimum atomic E-state index is -0.309. The lowest BCUT2D eigenvalue weighted by molar-refractivity contribution is 0.102. The van der Waals surface area contributed by atoms with Gasteiger partial charge < -0.3 is 9.88 Å². The third-order valence-electron chi connectivity index (χ3n) is 5.46. The van der Waals surface area contributed by atoms with Gasteiger partial charge in [0, 0.05) is 29.7 Å². The van der Waals surface area contributed by atoms with E-state index >= 15 is 0 Å². The number of benzene rings is 1. The zero-order chi connectivity index (χ0) is 20.7. The molecule has 0 aliphatic carbocycles. The molecular weight excluding hydrogens is 348 g/mol. The Labute approximate surface area is 169 Å². The van der Waals surface area contributed by atoms with Crippen LogP contribution in [0.5, 0.6) is 0 Å². The van der Waals surface area contributed by atoms with Crippen molar-refractivity contribution in [3.63, 3.8) is 0 Å². The van der Waals surface area contributed by atoms with Gasteiger partial charge in [-0.2, -0.15) is 0 Å². The molecule has 0 spiro atoms. The molecule has 1 amide bonds. The van der Waals surface area contributed by atoms with E-state index in [2.05, 4.69) is 30.7 Å². The summed E-state index contributed by atoms with van der Waals surface area (Å²) < 4.78 is 2.16. The van der Waals surface area contributed by atoms with Gasteiger partial charge in [0.25, 0.3) is 5.91 Å². The predicted molar refractivity (Wildman–Crippen MR) is 117 cm³/mol. The summed E-state index contributed by atoms with van der Waals surface area (Å²) in [6.45, 7) is 11.0. The molecule has 1 aromatic heterocycles. The van der Waals surface area contributed by atoms with Crippen LogP contribution in [0.2, 0.25) is 0 Å². The number of pyridine rings is 1. The molecule has 0 saturated carbocycles. The Kier molecular flexibility index (Phi) is 8.04. The molecule has 0 unspecified atom stereocenters. The summed E-state index contributed by atoms with van der Waals surface area (Å²) in [5.74, 6) is -0.309. The molecular formula is C24H34N2O2. The number of nitrogens with zero attached hydrogens (tertiary/aromatic N) is 1. The maximum Gasteiger partial charge on any atom is 0.261 e. The lowest BCUT2D eigenvalue weighted by Crippen LogP contribution is -2.28. The number of unbranched alkanes of at least 4 members (excludes halogenated alkanes) is 3. The van der Waals surface area contributed by atoms with Crippen molar-refractivity contribution in [3.8, 4) is 0 Å². The molecule has 1 heterocycles. The topological polar surface area (TPSA) is 51.1 Å². The highest BCUT2D eigenvalue weighted by Gasteiger charge is 2.19. The lowest BCUT2D eigenvalue weighted by Gasteiger charge is -2.19. The maximum absolute atomic E-state index is 13.1. The Morgan fingerprint density at radius 1 is 1.04 bits per heavy atom. The minimum Gasteiger partial charge on any atom is -0.348 e. The molecule has 0 aliphatic rings. The van der Waals surface area contributed by atoms with Crippen molar-refractivity contribution in [2.24, 2.45) is 0 Å². The molecule has 1 aromatic carbocycles. The van der Waals surface area contributed by atoms with E-state index in [1.54, 1.807) is 6.07 Å². The van der Waals surface area contributed by atoms with Gasteiger partial charge in [0.15, 0.2) is 5.43 Å². The average Bonchev–Trinajstić information content (AvgIpc) is 2.67. The van der Waals surface area contributed by atoms with Crippen LogP contribution in [0, 0.1) is 13.8 Å². The van der Waals surface area contributed by atoms with Crippen molar-refractivity contribution in [2.45, 2.75) is 79.7 Å². The predicted octanol–water partition coefficient (Wildman–Crippen LogP) is 5.42. The zero-order valence-corrected chi connectivity index (χ0v) is 18.0. The highest BCUT2D eigenvalue weighted by molar-refractivity contribution is 6.05. The van der Waals surface area contributed by atoms with E-state index in [0.717, 1.165) is 60.4 Å². The van der Waals surface area contributed by atoms with E-state index in [0.29, 0.717) is 0 Å². The fourth-order valence-electron chi connectivity index (χ4n) is 3.79. The van der Waals surface area contributed by atoms with Gasteiger partial charge in [-0.05, 0) is 44.2 Å². The molecule has 0 saturated heterocycles. The van der Waals surface area contributed by atoms with Crippen molar-refractivity contribution in [1.29, 1.82) is 0 Å². The van der Waals surface area contributed by atoms with Crippen LogP contribution in [0.15, 0.2) is 29.1 Å². The molecule has 4 nitrogen and oxygen atoms in total. The van der Waals surface area contributed by atoms with E-state index < -0.39 is 0 Å². The first-order chi connectivity index (χ1) is 13.4. The van der Waals surface area contributed by atoms with Crippen LogP contribution < -0.4 is 10.7 Å². The number of para-hydroxylation sites is 1. The van der Waals surface area contributed by atoms with Gasteiger partial charge in [-0.25, -0.2) is 0 Å². The Balaban J connectivity index is 2.39. The second kappa shape index (κ2) is 10.3. The second-order valence-electron chi connectivity index (χ2n) is 7.44. The van der Waals surface area contributed by atoms with Crippen LogP contribution in [0.3, 0.4) is 0 Å². The molecule has 0 bridgehead atoms. The number of amides is 1. The Bertz CT molecular complexity index is 881. The molecule has 0 fully saturated rings. The van der Waals surface area contributed by atoms with E-state index in [9.17, 15) is 9.59 Å². The minimum absolute atomic E-state index is 0.191. The van der Waals surface area contributed by atoms with E-state index in [4.69, 9.17) is 0 Å². The number of anilines is 1. The summed E-state index contributed by atoms with van der Waals surface area (Å²) in [4.78, 5) is 25.8. The first kappa shape index (κ1) is 21.9. The maximum atomic E-state index is 13.1. The van der Waals surface area contributed by atoms with Gasteiger partial charge in [-0.1, -0.05) is 58.2 Å². The van der Waals surface area contributed by atoms with Crippen LogP contribution in [0.25, 0.3) is 0 Å². The molecule has 28 heavy (non-hydrogen) atoms. The highest BCUT2D eigenvalue weighted by Crippen LogP contribution is 2.22. The third-order valence-corrected chi connectivity index (χ3v) is 5.46. The van der Waals surface area contributed by atoms with Gasteiger partial charge in [-0.15, -0.1) is 0 Å². The smallest absolute Gasteiger partial charge is 0.261 e. The van der Waals surface area contributed by atoms with Crippen molar-refractivity contribution in [2.75, 3.05) is 5.32 Å². The molecule has 0 aliphatic heterocycles. The fourth-order valence-corrected chi connectivity index (χ4v) is 3.79.